The highest BCUT2D eigenvalue weighted by Crippen LogP contribution is 2.22. The number of piperazine rings is 1. The number of hydrogen-bond donors (Lipinski definition) is 3. The second-order valence-electron chi connectivity index (χ2n) is 8.54. The number of carbonyl (C=O) groups is 2. The van der Waals surface area contributed by atoms with Crippen molar-refractivity contribution < 1.29 is 27.9 Å². The maximum Gasteiger partial charge on any atom is 0.337 e. The molecule has 12 heteroatoms. The van der Waals surface area contributed by atoms with Crippen LogP contribution in [0.25, 0.3) is 0 Å². The molecule has 0 spiro atoms. The zero-order valence-electron chi connectivity index (χ0n) is 20.3. The van der Waals surface area contributed by atoms with Crippen molar-refractivity contribution in [3.8, 4) is 5.75 Å². The largest absolute Gasteiger partial charge is 0.492 e. The molecular formula is C26H27ClN4O6S. The van der Waals surface area contributed by atoms with E-state index in [1.165, 1.54) is 48.2 Å². The smallest absolute Gasteiger partial charge is 0.337 e. The zero-order chi connectivity index (χ0) is 27.1. The lowest BCUT2D eigenvalue weighted by atomic mass is 10.2. The molecule has 10 nitrogen and oxygen atoms in total. The molecule has 1 fully saturated rings. The molecule has 3 aromatic carbocycles. The van der Waals surface area contributed by atoms with E-state index in [0.717, 1.165) is 32.7 Å². The Morgan fingerprint density at radius 1 is 0.947 bits per heavy atom. The van der Waals surface area contributed by atoms with E-state index in [0.29, 0.717) is 12.4 Å². The lowest BCUT2D eigenvalue weighted by molar-refractivity contribution is 0.0698. The van der Waals surface area contributed by atoms with Crippen molar-refractivity contribution in [3.05, 3.63) is 83.4 Å². The first-order valence-electron chi connectivity index (χ1n) is 11.8. The van der Waals surface area contributed by atoms with Crippen LogP contribution in [0, 0.1) is 0 Å². The Balaban J connectivity index is 1.25. The number of nitrogens with one attached hydrogen (secondary N) is 2. The zero-order valence-corrected chi connectivity index (χ0v) is 21.9. The third-order valence-corrected chi connectivity index (χ3v) is 7.57. The van der Waals surface area contributed by atoms with Gasteiger partial charge in [-0.1, -0.05) is 29.8 Å². The SMILES string of the molecule is O=C(Nc1cc(Cl)ccc1C(=O)O)NS(=O)(=O)c1ccc(OCCN2CCN(c3ccccc3)CC2)cc1. The average Bonchev–Trinajstić information content (AvgIpc) is 2.89. The maximum absolute atomic E-state index is 12.6. The molecule has 38 heavy (non-hydrogen) atoms. The van der Waals surface area contributed by atoms with Gasteiger partial charge < -0.3 is 20.1 Å². The highest BCUT2D eigenvalue weighted by molar-refractivity contribution is 7.90. The normalized spacial score (nSPS) is 14.1. The lowest BCUT2D eigenvalue weighted by Gasteiger charge is -2.36. The van der Waals surface area contributed by atoms with Crippen LogP contribution in [-0.2, 0) is 10.0 Å². The summed E-state index contributed by atoms with van der Waals surface area (Å²) in [6.45, 7) is 4.91. The molecule has 1 saturated heterocycles. The number of benzene rings is 3. The first kappa shape index (κ1) is 27.2. The molecule has 1 aliphatic rings. The summed E-state index contributed by atoms with van der Waals surface area (Å²) >= 11 is 5.86. The summed E-state index contributed by atoms with van der Waals surface area (Å²) in [7, 11) is -4.22. The van der Waals surface area contributed by atoms with Crippen LogP contribution in [0.4, 0.5) is 16.2 Å². The van der Waals surface area contributed by atoms with Crippen molar-refractivity contribution in [1.29, 1.82) is 0 Å². The van der Waals surface area contributed by atoms with Crippen molar-refractivity contribution in [2.45, 2.75) is 4.90 Å². The molecular weight excluding hydrogens is 532 g/mol. The summed E-state index contributed by atoms with van der Waals surface area (Å²) in [5.74, 6) is -0.800. The third kappa shape index (κ3) is 7.15. The van der Waals surface area contributed by atoms with Gasteiger partial charge in [0.2, 0.25) is 0 Å². The number of rotatable bonds is 9. The van der Waals surface area contributed by atoms with Crippen LogP contribution in [0.2, 0.25) is 5.02 Å². The molecule has 0 bridgehead atoms. The van der Waals surface area contributed by atoms with Crippen molar-refractivity contribution in [3.63, 3.8) is 0 Å². The molecule has 0 unspecified atom stereocenters. The fourth-order valence-corrected chi connectivity index (χ4v) is 5.09. The van der Waals surface area contributed by atoms with Crippen molar-refractivity contribution in [2.24, 2.45) is 0 Å². The molecule has 0 aliphatic carbocycles. The Hall–Kier alpha value is -3.80. The number of hydrogen-bond acceptors (Lipinski definition) is 7. The predicted octanol–water partition coefficient (Wildman–Crippen LogP) is 3.75. The Morgan fingerprint density at radius 2 is 1.63 bits per heavy atom. The van der Waals surface area contributed by atoms with Crippen LogP contribution < -0.4 is 19.7 Å². The molecule has 0 radical (unpaired) electrons. The molecule has 1 heterocycles. The van der Waals surface area contributed by atoms with E-state index in [1.54, 1.807) is 0 Å². The standard InChI is InChI=1S/C26H27ClN4O6S/c27-19-6-11-23(25(32)33)24(18-19)28-26(34)29-38(35,36)22-9-7-21(8-10-22)37-17-16-30-12-14-31(15-13-30)20-4-2-1-3-5-20/h1-11,18H,12-17H2,(H,32,33)(H2,28,29,34). The summed E-state index contributed by atoms with van der Waals surface area (Å²) in [4.78, 5) is 28.1. The number of aromatic carboxylic acids is 1. The van der Waals surface area contributed by atoms with Crippen LogP contribution >= 0.6 is 11.6 Å². The molecule has 0 aromatic heterocycles. The van der Waals surface area contributed by atoms with Gasteiger partial charge in [-0.25, -0.2) is 22.7 Å². The second kappa shape index (κ2) is 12.2. The number of ether oxygens (including phenoxy) is 1. The Kier molecular flexibility index (Phi) is 8.72. The van der Waals surface area contributed by atoms with Crippen molar-refractivity contribution in [2.75, 3.05) is 49.5 Å². The number of urea groups is 1. The van der Waals surface area contributed by atoms with Gasteiger partial charge in [0.05, 0.1) is 16.1 Å². The summed E-state index contributed by atoms with van der Waals surface area (Å²) < 4.78 is 32.9. The molecule has 3 N–H and O–H groups in total. The molecule has 0 atom stereocenters. The number of amides is 2. The quantitative estimate of drug-likeness (QED) is 0.362. The Morgan fingerprint density at radius 3 is 2.29 bits per heavy atom. The Bertz CT molecular complexity index is 1380. The second-order valence-corrected chi connectivity index (χ2v) is 10.7. The van der Waals surface area contributed by atoms with Crippen LogP contribution in [-0.4, -0.2) is 69.8 Å². The number of carboxylic acids is 1. The minimum atomic E-state index is -4.22. The van der Waals surface area contributed by atoms with E-state index in [4.69, 9.17) is 16.3 Å². The summed E-state index contributed by atoms with van der Waals surface area (Å²) in [6, 6.07) is 18.6. The predicted molar refractivity (Wildman–Crippen MR) is 145 cm³/mol. The fourth-order valence-electron chi connectivity index (χ4n) is 4.01. The molecule has 2 amide bonds. The summed E-state index contributed by atoms with van der Waals surface area (Å²) in [5.41, 5.74) is 0.851. The third-order valence-electron chi connectivity index (χ3n) is 5.99. The first-order valence-corrected chi connectivity index (χ1v) is 13.7. The number of para-hydroxylation sites is 1. The van der Waals surface area contributed by atoms with Gasteiger partial charge in [0.25, 0.3) is 10.0 Å². The average molecular weight is 559 g/mol. The van der Waals surface area contributed by atoms with Gasteiger partial charge in [-0.2, -0.15) is 0 Å². The number of anilines is 2. The van der Waals surface area contributed by atoms with Crippen molar-refractivity contribution in [1.82, 2.24) is 9.62 Å². The van der Waals surface area contributed by atoms with Crippen LogP contribution in [0.3, 0.4) is 0 Å². The van der Waals surface area contributed by atoms with E-state index >= 15 is 0 Å². The van der Waals surface area contributed by atoms with Gasteiger partial charge in [-0.3, -0.25) is 4.90 Å². The number of halogens is 1. The monoisotopic (exact) mass is 558 g/mol. The van der Waals surface area contributed by atoms with E-state index in [2.05, 4.69) is 27.2 Å². The fraction of sp³-hybridized carbons (Fsp3) is 0.231. The molecule has 1 aliphatic heterocycles. The van der Waals surface area contributed by atoms with Crippen molar-refractivity contribution >= 4 is 45.0 Å². The highest BCUT2D eigenvalue weighted by Gasteiger charge is 2.20. The van der Waals surface area contributed by atoms with E-state index in [-0.39, 0.29) is 21.2 Å². The number of sulfonamides is 1. The topological polar surface area (TPSA) is 128 Å². The number of carbonyl (C=O) groups excluding carboxylic acids is 1. The van der Waals surface area contributed by atoms with Crippen LogP contribution in [0.15, 0.2) is 77.7 Å². The highest BCUT2D eigenvalue weighted by atomic mass is 35.5. The van der Waals surface area contributed by atoms with Gasteiger partial charge in [0.1, 0.15) is 12.4 Å². The van der Waals surface area contributed by atoms with E-state index in [9.17, 15) is 23.1 Å². The minimum Gasteiger partial charge on any atom is -0.492 e. The maximum atomic E-state index is 12.6. The van der Waals surface area contributed by atoms with E-state index in [1.807, 2.05) is 22.9 Å². The van der Waals surface area contributed by atoms with Gasteiger partial charge in [0, 0.05) is 43.4 Å². The lowest BCUT2D eigenvalue weighted by Crippen LogP contribution is -2.47. The molecule has 3 aromatic rings. The Labute approximate surface area is 225 Å². The van der Waals surface area contributed by atoms with Crippen LogP contribution in [0.1, 0.15) is 10.4 Å². The molecule has 4 rings (SSSR count). The van der Waals surface area contributed by atoms with Gasteiger partial charge in [-0.15, -0.1) is 0 Å². The van der Waals surface area contributed by atoms with Gasteiger partial charge >= 0.3 is 12.0 Å². The van der Waals surface area contributed by atoms with Gasteiger partial charge in [0.15, 0.2) is 0 Å². The number of nitrogens with zero attached hydrogens (tertiary/aromatic N) is 2. The van der Waals surface area contributed by atoms with Gasteiger partial charge in [-0.05, 0) is 54.6 Å². The molecule has 200 valence electrons. The first-order chi connectivity index (χ1) is 18.2. The summed E-state index contributed by atoms with van der Waals surface area (Å²) in [5, 5.41) is 11.6. The van der Waals surface area contributed by atoms with E-state index < -0.39 is 22.0 Å². The minimum absolute atomic E-state index is 0.136. The summed E-state index contributed by atoms with van der Waals surface area (Å²) in [6.07, 6.45) is 0. The number of carboxylic acid groups (broad SMARTS) is 1. The molecule has 0 saturated carbocycles. The van der Waals surface area contributed by atoms with Crippen LogP contribution in [0.5, 0.6) is 5.75 Å².